The van der Waals surface area contributed by atoms with Gasteiger partial charge in [-0.3, -0.25) is 4.79 Å². The zero-order valence-corrected chi connectivity index (χ0v) is 19.0. The molecule has 13 unspecified atom stereocenters. The number of hydrogen-bond acceptors (Lipinski definition) is 13. The zero-order chi connectivity index (χ0) is 25.0. The molecule has 0 spiro atoms. The number of rotatable bonds is 6. The van der Waals surface area contributed by atoms with Gasteiger partial charge in [0, 0.05) is 11.8 Å². The van der Waals surface area contributed by atoms with Gasteiger partial charge in [-0.2, -0.15) is 0 Å². The number of Topliss-reactive ketones (excluding diaryl/α,β-unsaturated/α-hetero) is 1. The van der Waals surface area contributed by atoms with Crippen molar-refractivity contribution in [2.45, 2.75) is 86.8 Å². The molecule has 0 bridgehead atoms. The average molecular weight is 494 g/mol. The third kappa shape index (κ3) is 4.42. The molecule has 0 aromatic heterocycles. The van der Waals surface area contributed by atoms with Crippen molar-refractivity contribution in [3.05, 3.63) is 0 Å². The number of ketones is 1. The van der Waals surface area contributed by atoms with Gasteiger partial charge in [0.2, 0.25) is 0 Å². The minimum absolute atomic E-state index is 0.0770. The number of hydrogen-bond donors (Lipinski definition) is 7. The van der Waals surface area contributed by atoms with Gasteiger partial charge in [0.15, 0.2) is 18.4 Å². The summed E-state index contributed by atoms with van der Waals surface area (Å²) in [5, 5.41) is 71.6. The van der Waals surface area contributed by atoms with Crippen LogP contribution < -0.4 is 0 Å². The van der Waals surface area contributed by atoms with Crippen LogP contribution in [0.3, 0.4) is 0 Å². The quantitative estimate of drug-likeness (QED) is 0.188. The molecule has 0 amide bonds. The average Bonchev–Trinajstić information content (AvgIpc) is 3.23. The molecular formula is C21H34O13. The molecule has 0 aromatic rings. The van der Waals surface area contributed by atoms with Crippen LogP contribution in [-0.4, -0.2) is 134 Å². The summed E-state index contributed by atoms with van der Waals surface area (Å²) in [7, 11) is 0. The Kier molecular flexibility index (Phi) is 7.39. The number of aliphatic hydroxyl groups excluding tert-OH is 5. The molecule has 3 heterocycles. The monoisotopic (exact) mass is 494 g/mol. The van der Waals surface area contributed by atoms with Gasteiger partial charge < -0.3 is 59.4 Å². The van der Waals surface area contributed by atoms with Gasteiger partial charge in [-0.1, -0.05) is 6.92 Å². The van der Waals surface area contributed by atoms with Crippen LogP contribution in [0, 0.1) is 11.8 Å². The summed E-state index contributed by atoms with van der Waals surface area (Å²) < 4.78 is 27.6. The molecule has 196 valence electrons. The molecule has 1 saturated carbocycles. The second-order valence-electron chi connectivity index (χ2n) is 9.97. The highest BCUT2D eigenvalue weighted by Crippen LogP contribution is 2.46. The molecule has 4 aliphatic rings. The van der Waals surface area contributed by atoms with E-state index in [4.69, 9.17) is 23.7 Å². The Labute approximate surface area is 195 Å². The smallest absolute Gasteiger partial charge is 0.187 e. The van der Waals surface area contributed by atoms with Crippen LogP contribution in [0.4, 0.5) is 0 Å². The van der Waals surface area contributed by atoms with Gasteiger partial charge >= 0.3 is 0 Å². The maximum absolute atomic E-state index is 12.0. The minimum Gasteiger partial charge on any atom is -0.393 e. The van der Waals surface area contributed by atoms with Gasteiger partial charge in [0.05, 0.1) is 32.0 Å². The Balaban J connectivity index is 1.41. The summed E-state index contributed by atoms with van der Waals surface area (Å²) in [6.45, 7) is 1.60. The fourth-order valence-corrected chi connectivity index (χ4v) is 5.17. The lowest BCUT2D eigenvalue weighted by molar-refractivity contribution is -0.328. The summed E-state index contributed by atoms with van der Waals surface area (Å²) in [4.78, 5) is 12.0. The second kappa shape index (κ2) is 9.57. The number of aliphatic hydroxyl groups is 7. The van der Waals surface area contributed by atoms with Gasteiger partial charge in [-0.25, -0.2) is 0 Å². The zero-order valence-electron chi connectivity index (χ0n) is 19.0. The predicted octanol–water partition coefficient (Wildman–Crippen LogP) is -3.99. The van der Waals surface area contributed by atoms with E-state index in [1.165, 1.54) is 6.92 Å². The van der Waals surface area contributed by atoms with E-state index in [1.54, 1.807) is 6.92 Å². The van der Waals surface area contributed by atoms with Crippen molar-refractivity contribution in [1.29, 1.82) is 0 Å². The first kappa shape index (κ1) is 26.3. The molecule has 13 atom stereocenters. The summed E-state index contributed by atoms with van der Waals surface area (Å²) in [6, 6.07) is 0. The Morgan fingerprint density at radius 2 is 1.76 bits per heavy atom. The van der Waals surface area contributed by atoms with Crippen molar-refractivity contribution >= 4 is 5.78 Å². The third-order valence-corrected chi connectivity index (χ3v) is 7.63. The topological polar surface area (TPSA) is 205 Å². The van der Waals surface area contributed by atoms with Crippen molar-refractivity contribution in [2.75, 3.05) is 26.4 Å². The molecule has 3 aliphatic heterocycles. The summed E-state index contributed by atoms with van der Waals surface area (Å²) in [5.41, 5.74) is -3.41. The maximum Gasteiger partial charge on any atom is 0.187 e. The van der Waals surface area contributed by atoms with Crippen molar-refractivity contribution in [3.8, 4) is 0 Å². The minimum atomic E-state index is -1.90. The van der Waals surface area contributed by atoms with E-state index in [1.807, 2.05) is 0 Å². The highest BCUT2D eigenvalue weighted by Gasteiger charge is 2.59. The molecule has 0 aromatic carbocycles. The normalized spacial score (nSPS) is 53.8. The first-order valence-corrected chi connectivity index (χ1v) is 11.4. The van der Waals surface area contributed by atoms with E-state index in [2.05, 4.69) is 0 Å². The molecule has 4 rings (SSSR count). The largest absolute Gasteiger partial charge is 0.393 e. The van der Waals surface area contributed by atoms with Crippen LogP contribution in [0.15, 0.2) is 0 Å². The fraction of sp³-hybridized carbons (Fsp3) is 0.952. The predicted molar refractivity (Wildman–Crippen MR) is 108 cm³/mol. The lowest BCUT2D eigenvalue weighted by atomic mass is 9.83. The number of ether oxygens (including phenoxy) is 5. The van der Waals surface area contributed by atoms with Crippen molar-refractivity contribution in [2.24, 2.45) is 11.8 Å². The van der Waals surface area contributed by atoms with Crippen LogP contribution in [0.2, 0.25) is 0 Å². The Bertz CT molecular complexity index is 748. The second-order valence-corrected chi connectivity index (χ2v) is 9.97. The number of carbonyl (C=O) groups is 1. The van der Waals surface area contributed by atoms with Crippen molar-refractivity contribution < 1.29 is 64.2 Å². The van der Waals surface area contributed by atoms with Crippen LogP contribution in [0.25, 0.3) is 0 Å². The summed E-state index contributed by atoms with van der Waals surface area (Å²) in [5.74, 6) is -0.727. The van der Waals surface area contributed by atoms with E-state index in [0.29, 0.717) is 0 Å². The van der Waals surface area contributed by atoms with Crippen LogP contribution >= 0.6 is 0 Å². The van der Waals surface area contributed by atoms with E-state index in [9.17, 15) is 40.5 Å². The number of fused-ring (bicyclic) bond motifs is 1. The molecule has 34 heavy (non-hydrogen) atoms. The SMILES string of the molecule is CC1C(=O)COC2C1CC(OC1OC(COC3OCC(O)(CO)C3O)C(O)C(O)C1O)C2(C)O. The van der Waals surface area contributed by atoms with Crippen LogP contribution in [0.1, 0.15) is 20.3 Å². The van der Waals surface area contributed by atoms with E-state index < -0.39 is 79.7 Å². The molecule has 13 heteroatoms. The molecule has 3 saturated heterocycles. The molecule has 13 nitrogen and oxygen atoms in total. The van der Waals surface area contributed by atoms with E-state index in [0.717, 1.165) is 0 Å². The molecule has 0 radical (unpaired) electrons. The first-order valence-electron chi connectivity index (χ1n) is 11.4. The van der Waals surface area contributed by atoms with Crippen LogP contribution in [-0.2, 0) is 28.5 Å². The maximum atomic E-state index is 12.0. The lowest BCUT2D eigenvalue weighted by Crippen LogP contribution is -2.61. The molecule has 1 aliphatic carbocycles. The third-order valence-electron chi connectivity index (χ3n) is 7.63. The van der Waals surface area contributed by atoms with E-state index >= 15 is 0 Å². The van der Waals surface area contributed by atoms with Crippen LogP contribution in [0.5, 0.6) is 0 Å². The number of carbonyl (C=O) groups excluding carboxylic acids is 1. The van der Waals surface area contributed by atoms with Gasteiger partial charge in [-0.05, 0) is 13.3 Å². The lowest BCUT2D eigenvalue weighted by Gasteiger charge is -2.43. The highest BCUT2D eigenvalue weighted by molar-refractivity contribution is 5.83. The Morgan fingerprint density at radius 1 is 1.06 bits per heavy atom. The van der Waals surface area contributed by atoms with Gasteiger partial charge in [-0.15, -0.1) is 0 Å². The Morgan fingerprint density at radius 3 is 2.41 bits per heavy atom. The molecule has 4 fully saturated rings. The summed E-state index contributed by atoms with van der Waals surface area (Å²) >= 11 is 0. The van der Waals surface area contributed by atoms with Crippen molar-refractivity contribution in [3.63, 3.8) is 0 Å². The summed E-state index contributed by atoms with van der Waals surface area (Å²) in [6.07, 6.45) is -11.8. The van der Waals surface area contributed by atoms with Gasteiger partial charge in [0.25, 0.3) is 0 Å². The van der Waals surface area contributed by atoms with Gasteiger partial charge in [0.1, 0.15) is 48.3 Å². The molecule has 7 N–H and O–H groups in total. The van der Waals surface area contributed by atoms with E-state index in [-0.39, 0.29) is 37.3 Å². The Hall–Kier alpha value is -0.810. The molecular weight excluding hydrogens is 460 g/mol. The van der Waals surface area contributed by atoms with Crippen molar-refractivity contribution in [1.82, 2.24) is 0 Å². The first-order chi connectivity index (χ1) is 15.9. The standard InChI is InChI=1S/C21H34O13/c1-8-9-3-12(20(2,28)17(9)30-4-10(8)23)34-18-15(26)14(25)13(24)11(33-18)5-31-19-16(27)21(29,6-22)7-32-19/h8-9,11-19,22,24-29H,3-7H2,1-2H3. The highest BCUT2D eigenvalue weighted by atomic mass is 16.7. The fourth-order valence-electron chi connectivity index (χ4n) is 5.17.